The summed E-state index contributed by atoms with van der Waals surface area (Å²) < 4.78 is 33.7. The lowest BCUT2D eigenvalue weighted by molar-refractivity contribution is 0.269. The molecule has 168 valence electrons. The minimum Gasteiger partial charge on any atom is -0.475 e. The molecule has 1 atom stereocenters. The SMILES string of the molecule is O=S(=O)(CCc1ncc(Cl)cn1)Cc1nnc2n1[C@H](c1cccnc1)COc1ncccc1-2. The Kier molecular flexibility index (Phi) is 5.73. The van der Waals surface area contributed by atoms with Gasteiger partial charge in [0, 0.05) is 37.4 Å². The van der Waals surface area contributed by atoms with Crippen LogP contribution in [0.5, 0.6) is 5.88 Å². The summed E-state index contributed by atoms with van der Waals surface area (Å²) in [5.41, 5.74) is 1.49. The number of nitrogens with zero attached hydrogens (tertiary/aromatic N) is 7. The van der Waals surface area contributed by atoms with Crippen LogP contribution in [0.15, 0.2) is 55.2 Å². The molecule has 0 radical (unpaired) electrons. The summed E-state index contributed by atoms with van der Waals surface area (Å²) in [5.74, 6) is 1.21. The topological polar surface area (TPSA) is 126 Å². The first-order chi connectivity index (χ1) is 16.0. The summed E-state index contributed by atoms with van der Waals surface area (Å²) in [4.78, 5) is 16.6. The van der Waals surface area contributed by atoms with Gasteiger partial charge in [-0.3, -0.25) is 9.55 Å². The summed E-state index contributed by atoms with van der Waals surface area (Å²) in [7, 11) is -3.55. The quantitative estimate of drug-likeness (QED) is 0.406. The zero-order chi connectivity index (χ0) is 22.8. The highest BCUT2D eigenvalue weighted by Gasteiger charge is 2.31. The van der Waals surface area contributed by atoms with Crippen molar-refractivity contribution in [2.24, 2.45) is 0 Å². The molecule has 4 aromatic heterocycles. The van der Waals surface area contributed by atoms with Gasteiger partial charge in [0.15, 0.2) is 15.7 Å². The second-order valence-corrected chi connectivity index (χ2v) is 10.1. The van der Waals surface area contributed by atoms with Gasteiger partial charge in [-0.25, -0.2) is 23.4 Å². The van der Waals surface area contributed by atoms with Gasteiger partial charge in [-0.05, 0) is 23.8 Å². The van der Waals surface area contributed by atoms with E-state index in [4.69, 9.17) is 16.3 Å². The number of halogens is 1. The van der Waals surface area contributed by atoms with Crippen molar-refractivity contribution in [2.45, 2.75) is 18.2 Å². The first-order valence-electron chi connectivity index (χ1n) is 10.1. The molecule has 1 aliphatic rings. The highest BCUT2D eigenvalue weighted by molar-refractivity contribution is 7.90. The molecule has 1 aliphatic heterocycles. The average molecular weight is 484 g/mol. The molecule has 0 unspecified atom stereocenters. The Labute approximate surface area is 194 Å². The molecular weight excluding hydrogens is 466 g/mol. The lowest BCUT2D eigenvalue weighted by atomic mass is 10.1. The molecule has 0 amide bonds. The third kappa shape index (κ3) is 4.55. The molecule has 4 aromatic rings. The Hall–Kier alpha value is -3.44. The maximum absolute atomic E-state index is 13.0. The van der Waals surface area contributed by atoms with Gasteiger partial charge < -0.3 is 4.74 Å². The fraction of sp³-hybridized carbons (Fsp3) is 0.238. The molecule has 0 spiro atoms. The molecule has 0 saturated carbocycles. The minimum absolute atomic E-state index is 0.136. The summed E-state index contributed by atoms with van der Waals surface area (Å²) in [6.07, 6.45) is 8.08. The number of aryl methyl sites for hydroxylation is 1. The molecule has 5 heterocycles. The van der Waals surface area contributed by atoms with Gasteiger partial charge in [0.25, 0.3) is 0 Å². The third-order valence-electron chi connectivity index (χ3n) is 5.20. The summed E-state index contributed by atoms with van der Waals surface area (Å²) in [6.45, 7) is 0.229. The van der Waals surface area contributed by atoms with Crippen molar-refractivity contribution in [3.05, 3.63) is 77.5 Å². The molecule has 10 nitrogen and oxygen atoms in total. The lowest BCUT2D eigenvalue weighted by Crippen LogP contribution is -2.22. The first-order valence-corrected chi connectivity index (χ1v) is 12.3. The van der Waals surface area contributed by atoms with E-state index in [9.17, 15) is 8.42 Å². The standard InChI is InChI=1S/C21H18ClN7O3S/c22-15-10-25-18(26-11-15)5-8-33(30,31)13-19-27-28-20-16-4-2-7-24-21(16)32-12-17(29(19)20)14-3-1-6-23-9-14/h1-4,6-7,9-11,17H,5,8,12-13H2/t17-/m0/s1. The van der Waals surface area contributed by atoms with E-state index in [2.05, 4.69) is 30.1 Å². The zero-order valence-electron chi connectivity index (χ0n) is 17.2. The molecule has 0 aromatic carbocycles. The van der Waals surface area contributed by atoms with Crippen molar-refractivity contribution < 1.29 is 13.2 Å². The summed E-state index contributed by atoms with van der Waals surface area (Å²) in [5, 5.41) is 8.96. The molecular formula is C21H18ClN7O3S. The Morgan fingerprint density at radius 1 is 1.06 bits per heavy atom. The Morgan fingerprint density at radius 3 is 2.67 bits per heavy atom. The van der Waals surface area contributed by atoms with Gasteiger partial charge in [-0.1, -0.05) is 17.7 Å². The zero-order valence-corrected chi connectivity index (χ0v) is 18.8. The summed E-state index contributed by atoms with van der Waals surface area (Å²) in [6, 6.07) is 6.95. The van der Waals surface area contributed by atoms with Crippen molar-refractivity contribution in [3.63, 3.8) is 0 Å². The molecule has 12 heteroatoms. The van der Waals surface area contributed by atoms with Crippen LogP contribution >= 0.6 is 11.6 Å². The number of rotatable bonds is 6. The van der Waals surface area contributed by atoms with Gasteiger partial charge >= 0.3 is 0 Å². The Balaban J connectivity index is 1.49. The normalized spacial score (nSPS) is 15.2. The van der Waals surface area contributed by atoms with Crippen molar-refractivity contribution in [1.29, 1.82) is 0 Å². The fourth-order valence-electron chi connectivity index (χ4n) is 3.64. The van der Waals surface area contributed by atoms with E-state index in [0.717, 1.165) is 5.56 Å². The maximum Gasteiger partial charge on any atom is 0.224 e. The van der Waals surface area contributed by atoms with Crippen LogP contribution in [-0.4, -0.2) is 55.5 Å². The first kappa shape index (κ1) is 21.4. The number of fused-ring (bicyclic) bond motifs is 3. The van der Waals surface area contributed by atoms with Crippen LogP contribution in [0.4, 0.5) is 0 Å². The van der Waals surface area contributed by atoms with Crippen LogP contribution in [0.2, 0.25) is 5.02 Å². The third-order valence-corrected chi connectivity index (χ3v) is 6.92. The van der Waals surface area contributed by atoms with Crippen LogP contribution in [0.3, 0.4) is 0 Å². The monoisotopic (exact) mass is 483 g/mol. The van der Waals surface area contributed by atoms with Crippen LogP contribution in [0.1, 0.15) is 23.3 Å². The smallest absolute Gasteiger partial charge is 0.224 e. The highest BCUT2D eigenvalue weighted by Crippen LogP contribution is 2.35. The van der Waals surface area contributed by atoms with E-state index < -0.39 is 9.84 Å². The Morgan fingerprint density at radius 2 is 1.88 bits per heavy atom. The summed E-state index contributed by atoms with van der Waals surface area (Å²) >= 11 is 5.80. The van der Waals surface area contributed by atoms with E-state index >= 15 is 0 Å². The predicted molar refractivity (Wildman–Crippen MR) is 119 cm³/mol. The van der Waals surface area contributed by atoms with Crippen LogP contribution in [-0.2, 0) is 22.0 Å². The van der Waals surface area contributed by atoms with E-state index in [1.807, 2.05) is 18.2 Å². The largest absolute Gasteiger partial charge is 0.475 e. The molecule has 5 rings (SSSR count). The highest BCUT2D eigenvalue weighted by atomic mass is 35.5. The van der Waals surface area contributed by atoms with Gasteiger partial charge in [0.1, 0.15) is 24.0 Å². The van der Waals surface area contributed by atoms with E-state index in [1.54, 1.807) is 29.2 Å². The van der Waals surface area contributed by atoms with Gasteiger partial charge in [-0.15, -0.1) is 10.2 Å². The molecule has 0 aliphatic carbocycles. The minimum atomic E-state index is -3.55. The van der Waals surface area contributed by atoms with Gasteiger partial charge in [0.2, 0.25) is 5.88 Å². The van der Waals surface area contributed by atoms with E-state index in [0.29, 0.717) is 33.9 Å². The lowest BCUT2D eigenvalue weighted by Gasteiger charge is -2.19. The van der Waals surface area contributed by atoms with Crippen molar-refractivity contribution in [1.82, 2.24) is 34.7 Å². The molecule has 33 heavy (non-hydrogen) atoms. The number of pyridine rings is 2. The number of sulfone groups is 1. The number of ether oxygens (including phenoxy) is 1. The van der Waals surface area contributed by atoms with Crippen LogP contribution in [0.25, 0.3) is 11.4 Å². The molecule has 0 N–H and O–H groups in total. The fourth-order valence-corrected chi connectivity index (χ4v) is 4.97. The molecule has 0 fully saturated rings. The van der Waals surface area contributed by atoms with Gasteiger partial charge in [0.05, 0.1) is 22.4 Å². The van der Waals surface area contributed by atoms with Crippen LogP contribution < -0.4 is 4.74 Å². The number of hydrogen-bond donors (Lipinski definition) is 0. The van der Waals surface area contributed by atoms with Crippen molar-refractivity contribution in [3.8, 4) is 17.3 Å². The average Bonchev–Trinajstić information content (AvgIpc) is 3.14. The molecule has 0 bridgehead atoms. The molecule has 0 saturated heterocycles. The van der Waals surface area contributed by atoms with E-state index in [1.165, 1.54) is 12.4 Å². The predicted octanol–water partition coefficient (Wildman–Crippen LogP) is 2.32. The van der Waals surface area contributed by atoms with E-state index in [-0.39, 0.29) is 30.6 Å². The number of hydrogen-bond acceptors (Lipinski definition) is 9. The Bertz CT molecular complexity index is 1380. The van der Waals surface area contributed by atoms with Gasteiger partial charge in [-0.2, -0.15) is 0 Å². The van der Waals surface area contributed by atoms with Crippen molar-refractivity contribution >= 4 is 21.4 Å². The van der Waals surface area contributed by atoms with Crippen molar-refractivity contribution in [2.75, 3.05) is 12.4 Å². The number of aromatic nitrogens is 7. The van der Waals surface area contributed by atoms with Crippen LogP contribution in [0, 0.1) is 0 Å². The maximum atomic E-state index is 13.0. The second-order valence-electron chi connectivity index (χ2n) is 7.44. The second kappa shape index (κ2) is 8.83.